The van der Waals surface area contributed by atoms with Crippen molar-refractivity contribution < 1.29 is 14.7 Å². The number of nitrogens with two attached hydrogens (primary N) is 1. The third-order valence-electron chi connectivity index (χ3n) is 2.62. The number of carboxylic acids is 1. The maximum absolute atomic E-state index is 10.9. The summed E-state index contributed by atoms with van der Waals surface area (Å²) >= 11 is 0. The van der Waals surface area contributed by atoms with Gasteiger partial charge in [0.2, 0.25) is 0 Å². The van der Waals surface area contributed by atoms with Crippen LogP contribution in [0.4, 0.5) is 0 Å². The first-order valence-corrected chi connectivity index (χ1v) is 4.26. The molecule has 3 N–H and O–H groups in total. The summed E-state index contributed by atoms with van der Waals surface area (Å²) in [4.78, 5) is 15.4. The van der Waals surface area contributed by atoms with Crippen LogP contribution >= 0.6 is 0 Å². The molecule has 0 unspecified atom stereocenters. The van der Waals surface area contributed by atoms with Crippen molar-refractivity contribution in [3.05, 3.63) is 0 Å². The number of carbonyl (C=O) groups is 1. The van der Waals surface area contributed by atoms with E-state index in [1.165, 1.54) is 0 Å². The Kier molecular flexibility index (Phi) is 3.05. The largest absolute Gasteiger partial charge is 0.481 e. The van der Waals surface area contributed by atoms with Crippen molar-refractivity contribution >= 4 is 5.97 Å². The van der Waals surface area contributed by atoms with Crippen molar-refractivity contribution in [1.82, 2.24) is 0 Å². The fourth-order valence-corrected chi connectivity index (χ4v) is 1.81. The van der Waals surface area contributed by atoms with E-state index in [1.807, 2.05) is 0 Å². The van der Waals surface area contributed by atoms with Crippen molar-refractivity contribution in [2.45, 2.75) is 32.1 Å². The van der Waals surface area contributed by atoms with Gasteiger partial charge in [0.15, 0.2) is 0 Å². The van der Waals surface area contributed by atoms with E-state index in [-0.39, 0.29) is 6.61 Å². The predicted octanol–water partition coefficient (Wildman–Crippen LogP) is 0.912. The normalized spacial score (nSPS) is 22.1. The van der Waals surface area contributed by atoms with Gasteiger partial charge in [-0.15, -0.1) is 0 Å². The molecule has 0 saturated heterocycles. The summed E-state index contributed by atoms with van der Waals surface area (Å²) in [6.07, 6.45) is 4.45. The summed E-state index contributed by atoms with van der Waals surface area (Å²) in [6, 6.07) is 0. The molecule has 70 valence electrons. The second kappa shape index (κ2) is 3.87. The van der Waals surface area contributed by atoms with Gasteiger partial charge in [-0.25, -0.2) is 5.90 Å². The van der Waals surface area contributed by atoms with Gasteiger partial charge in [-0.05, 0) is 12.8 Å². The van der Waals surface area contributed by atoms with Crippen LogP contribution in [0.15, 0.2) is 0 Å². The van der Waals surface area contributed by atoms with E-state index in [1.54, 1.807) is 0 Å². The monoisotopic (exact) mass is 173 g/mol. The Morgan fingerprint density at radius 2 is 2.00 bits per heavy atom. The average molecular weight is 173 g/mol. The first kappa shape index (κ1) is 9.48. The minimum absolute atomic E-state index is 0.141. The molecule has 1 aliphatic rings. The lowest BCUT2D eigenvalue weighted by Gasteiger charge is -2.31. The zero-order valence-electron chi connectivity index (χ0n) is 7.08. The highest BCUT2D eigenvalue weighted by atomic mass is 16.6. The summed E-state index contributed by atoms with van der Waals surface area (Å²) in [5, 5.41) is 8.98. The van der Waals surface area contributed by atoms with Crippen LogP contribution in [0.3, 0.4) is 0 Å². The second-order valence-corrected chi connectivity index (χ2v) is 3.46. The summed E-state index contributed by atoms with van der Waals surface area (Å²) in [7, 11) is 0. The molecular weight excluding hydrogens is 158 g/mol. The van der Waals surface area contributed by atoms with Gasteiger partial charge in [0.05, 0.1) is 12.0 Å². The zero-order chi connectivity index (χ0) is 9.03. The molecule has 1 fully saturated rings. The highest BCUT2D eigenvalue weighted by Crippen LogP contribution is 2.36. The molecule has 0 aromatic carbocycles. The third-order valence-corrected chi connectivity index (χ3v) is 2.62. The molecule has 0 spiro atoms. The van der Waals surface area contributed by atoms with Gasteiger partial charge >= 0.3 is 5.97 Å². The topological polar surface area (TPSA) is 72.5 Å². The van der Waals surface area contributed by atoms with Crippen molar-refractivity contribution in [2.75, 3.05) is 6.61 Å². The van der Waals surface area contributed by atoms with E-state index >= 15 is 0 Å². The van der Waals surface area contributed by atoms with Crippen LogP contribution in [0.25, 0.3) is 0 Å². The Morgan fingerprint density at radius 3 is 2.42 bits per heavy atom. The van der Waals surface area contributed by atoms with Crippen molar-refractivity contribution in [3.8, 4) is 0 Å². The van der Waals surface area contributed by atoms with Crippen LogP contribution in [0.5, 0.6) is 0 Å². The van der Waals surface area contributed by atoms with Crippen LogP contribution < -0.4 is 5.90 Å². The molecule has 4 nitrogen and oxygen atoms in total. The molecular formula is C8H15NO3. The van der Waals surface area contributed by atoms with Crippen molar-refractivity contribution in [1.29, 1.82) is 0 Å². The molecule has 0 aliphatic heterocycles. The molecule has 1 saturated carbocycles. The maximum Gasteiger partial charge on any atom is 0.312 e. The third kappa shape index (κ3) is 1.76. The Bertz CT molecular complexity index is 158. The predicted molar refractivity (Wildman–Crippen MR) is 43.3 cm³/mol. The zero-order valence-corrected chi connectivity index (χ0v) is 7.08. The molecule has 4 heteroatoms. The molecule has 0 aromatic rings. The number of hydrogen-bond acceptors (Lipinski definition) is 3. The van der Waals surface area contributed by atoms with Gasteiger partial charge in [-0.1, -0.05) is 19.3 Å². The van der Waals surface area contributed by atoms with Gasteiger partial charge in [0, 0.05) is 0 Å². The molecule has 1 aliphatic carbocycles. The lowest BCUT2D eigenvalue weighted by atomic mass is 9.75. The molecule has 0 radical (unpaired) electrons. The number of carboxylic acid groups (broad SMARTS) is 1. The van der Waals surface area contributed by atoms with Crippen LogP contribution in [-0.2, 0) is 9.63 Å². The Labute approximate surface area is 71.7 Å². The second-order valence-electron chi connectivity index (χ2n) is 3.46. The van der Waals surface area contributed by atoms with E-state index in [0.29, 0.717) is 12.8 Å². The molecule has 0 bridgehead atoms. The van der Waals surface area contributed by atoms with Gasteiger partial charge in [0.25, 0.3) is 0 Å². The standard InChI is InChI=1S/C8H15NO3/c9-12-6-8(7(10)11)4-2-1-3-5-8/h1-6,9H2,(H,10,11). The first-order chi connectivity index (χ1) is 5.71. The van der Waals surface area contributed by atoms with E-state index < -0.39 is 11.4 Å². The van der Waals surface area contributed by atoms with E-state index in [9.17, 15) is 4.79 Å². The fourth-order valence-electron chi connectivity index (χ4n) is 1.81. The van der Waals surface area contributed by atoms with Crippen LogP contribution in [0.2, 0.25) is 0 Å². The van der Waals surface area contributed by atoms with Crippen molar-refractivity contribution in [2.24, 2.45) is 11.3 Å². The van der Waals surface area contributed by atoms with Gasteiger partial charge < -0.3 is 9.94 Å². The van der Waals surface area contributed by atoms with Gasteiger partial charge in [0.1, 0.15) is 0 Å². The molecule has 12 heavy (non-hydrogen) atoms. The SMILES string of the molecule is NOCC1(C(=O)O)CCCCC1. The minimum Gasteiger partial charge on any atom is -0.481 e. The Morgan fingerprint density at radius 1 is 1.42 bits per heavy atom. The fraction of sp³-hybridized carbons (Fsp3) is 0.875. The Balaban J connectivity index is 2.63. The summed E-state index contributed by atoms with van der Waals surface area (Å²) in [5.41, 5.74) is -0.701. The Hall–Kier alpha value is -0.610. The van der Waals surface area contributed by atoms with E-state index in [4.69, 9.17) is 11.0 Å². The minimum atomic E-state index is -0.771. The van der Waals surface area contributed by atoms with Crippen LogP contribution in [0.1, 0.15) is 32.1 Å². The number of hydrogen-bond donors (Lipinski definition) is 2. The molecule has 1 rings (SSSR count). The molecule has 0 aromatic heterocycles. The first-order valence-electron chi connectivity index (χ1n) is 4.26. The highest BCUT2D eigenvalue weighted by molar-refractivity contribution is 5.74. The molecule has 0 atom stereocenters. The van der Waals surface area contributed by atoms with E-state index in [0.717, 1.165) is 19.3 Å². The van der Waals surface area contributed by atoms with Crippen LogP contribution in [0, 0.1) is 5.41 Å². The summed E-state index contributed by atoms with van der Waals surface area (Å²) < 4.78 is 0. The quantitative estimate of drug-likeness (QED) is 0.622. The summed E-state index contributed by atoms with van der Waals surface area (Å²) in [5.74, 6) is 4.15. The summed E-state index contributed by atoms with van der Waals surface area (Å²) in [6.45, 7) is 0.141. The number of aliphatic carboxylic acids is 1. The van der Waals surface area contributed by atoms with Gasteiger partial charge in [-0.2, -0.15) is 0 Å². The van der Waals surface area contributed by atoms with Crippen LogP contribution in [-0.4, -0.2) is 17.7 Å². The van der Waals surface area contributed by atoms with Gasteiger partial charge in [-0.3, -0.25) is 4.79 Å². The lowest BCUT2D eigenvalue weighted by Crippen LogP contribution is -2.38. The average Bonchev–Trinajstić information content (AvgIpc) is 2.06. The lowest BCUT2D eigenvalue weighted by molar-refractivity contribution is -0.156. The maximum atomic E-state index is 10.9. The van der Waals surface area contributed by atoms with Crippen molar-refractivity contribution in [3.63, 3.8) is 0 Å². The molecule has 0 heterocycles. The molecule has 0 amide bonds. The van der Waals surface area contributed by atoms with E-state index in [2.05, 4.69) is 4.84 Å². The number of rotatable bonds is 3. The smallest absolute Gasteiger partial charge is 0.312 e. The highest BCUT2D eigenvalue weighted by Gasteiger charge is 2.39.